The second-order valence-electron chi connectivity index (χ2n) is 8.32. The molecule has 2 aliphatic rings. The first-order valence-corrected chi connectivity index (χ1v) is 11.4. The molecule has 29 heavy (non-hydrogen) atoms. The van der Waals surface area contributed by atoms with Crippen molar-refractivity contribution in [3.05, 3.63) is 59.2 Å². The van der Waals surface area contributed by atoms with Crippen LogP contribution >= 0.6 is 9.24 Å². The molecule has 1 saturated heterocycles. The van der Waals surface area contributed by atoms with E-state index >= 15 is 0 Å². The Morgan fingerprint density at radius 2 is 1.79 bits per heavy atom. The topological polar surface area (TPSA) is 35.6 Å². The van der Waals surface area contributed by atoms with Gasteiger partial charge in [0.15, 0.2) is 0 Å². The largest absolute Gasteiger partial charge is 0.368 e. The van der Waals surface area contributed by atoms with Crippen LogP contribution < -0.4 is 15.5 Å². The summed E-state index contributed by atoms with van der Waals surface area (Å²) in [7, 11) is 4.45. The van der Waals surface area contributed by atoms with Gasteiger partial charge in [0.05, 0.1) is 6.42 Å². The van der Waals surface area contributed by atoms with Crippen LogP contribution in [0.1, 0.15) is 29.5 Å². The molecule has 2 aliphatic heterocycles. The maximum absolute atomic E-state index is 11.8. The van der Waals surface area contributed by atoms with Crippen molar-refractivity contribution >= 4 is 26.1 Å². The highest BCUT2D eigenvalue weighted by molar-refractivity contribution is 7.27. The molecular formula is C24H32N3OP. The second kappa shape index (κ2) is 9.28. The third-order valence-corrected chi connectivity index (χ3v) is 6.80. The minimum atomic E-state index is 0.0788. The van der Waals surface area contributed by atoms with Gasteiger partial charge in [-0.3, -0.25) is 4.79 Å². The molecule has 1 N–H and O–H groups in total. The molecule has 5 heteroatoms. The highest BCUT2D eigenvalue weighted by Crippen LogP contribution is 2.33. The fourth-order valence-corrected chi connectivity index (χ4v) is 4.83. The highest BCUT2D eigenvalue weighted by Gasteiger charge is 2.29. The van der Waals surface area contributed by atoms with Crippen molar-refractivity contribution in [1.82, 2.24) is 10.2 Å². The minimum Gasteiger partial charge on any atom is -0.368 e. The van der Waals surface area contributed by atoms with Crippen molar-refractivity contribution in [3.63, 3.8) is 0 Å². The fourth-order valence-electron chi connectivity index (χ4n) is 4.64. The van der Waals surface area contributed by atoms with Crippen LogP contribution in [-0.2, 0) is 24.1 Å². The zero-order chi connectivity index (χ0) is 20.2. The molecule has 1 fully saturated rings. The Morgan fingerprint density at radius 3 is 2.52 bits per heavy atom. The van der Waals surface area contributed by atoms with E-state index in [0.29, 0.717) is 12.5 Å². The van der Waals surface area contributed by atoms with Crippen LogP contribution in [0.5, 0.6) is 0 Å². The van der Waals surface area contributed by atoms with Crippen molar-refractivity contribution < 1.29 is 4.79 Å². The van der Waals surface area contributed by atoms with Crippen LogP contribution in [0.3, 0.4) is 0 Å². The number of nitrogens with one attached hydrogen (secondary N) is 1. The van der Waals surface area contributed by atoms with Crippen molar-refractivity contribution in [2.45, 2.75) is 38.1 Å². The monoisotopic (exact) mass is 409 g/mol. The molecule has 2 aromatic rings. The molecule has 154 valence electrons. The number of benzene rings is 2. The summed E-state index contributed by atoms with van der Waals surface area (Å²) in [6.07, 6.45) is 5.17. The zero-order valence-corrected chi connectivity index (χ0v) is 18.5. The van der Waals surface area contributed by atoms with Crippen LogP contribution in [0.25, 0.3) is 0 Å². The summed E-state index contributed by atoms with van der Waals surface area (Å²) in [5.74, 6) is 0.0788. The van der Waals surface area contributed by atoms with Gasteiger partial charge in [-0.05, 0) is 53.7 Å². The lowest BCUT2D eigenvalue weighted by Gasteiger charge is -2.38. The highest BCUT2D eigenvalue weighted by atomic mass is 31.0. The van der Waals surface area contributed by atoms with E-state index in [1.165, 1.54) is 48.0 Å². The van der Waals surface area contributed by atoms with E-state index < -0.39 is 0 Å². The van der Waals surface area contributed by atoms with E-state index in [1.807, 2.05) is 0 Å². The van der Waals surface area contributed by atoms with E-state index in [4.69, 9.17) is 0 Å². The summed E-state index contributed by atoms with van der Waals surface area (Å²) in [6.45, 7) is 4.62. The lowest BCUT2D eigenvalue weighted by atomic mass is 10.0. The first-order chi connectivity index (χ1) is 14.1. The number of rotatable bonds is 6. The van der Waals surface area contributed by atoms with Gasteiger partial charge in [0.1, 0.15) is 0 Å². The lowest BCUT2D eigenvalue weighted by molar-refractivity contribution is -0.119. The molecule has 4 nitrogen and oxygen atoms in total. The predicted octanol–water partition coefficient (Wildman–Crippen LogP) is 2.55. The lowest BCUT2D eigenvalue weighted by Crippen LogP contribution is -2.45. The Hall–Kier alpha value is -1.90. The van der Waals surface area contributed by atoms with Gasteiger partial charge in [-0.15, -0.1) is 9.24 Å². The average molecular weight is 410 g/mol. The molecule has 2 aromatic carbocycles. The molecule has 0 bridgehead atoms. The van der Waals surface area contributed by atoms with Crippen LogP contribution in [-0.4, -0.2) is 50.1 Å². The number of carbonyl (C=O) groups excluding carboxylic acids is 1. The molecule has 0 saturated carbocycles. The van der Waals surface area contributed by atoms with Crippen molar-refractivity contribution in [2.24, 2.45) is 0 Å². The first kappa shape index (κ1) is 20.4. The second-order valence-corrected chi connectivity index (χ2v) is 8.99. The number of fused-ring (bicyclic) bond motifs is 1. The van der Waals surface area contributed by atoms with Gasteiger partial charge >= 0.3 is 0 Å². The first-order valence-electron chi connectivity index (χ1n) is 10.8. The molecule has 0 radical (unpaired) electrons. The number of carbonyl (C=O) groups is 1. The number of hydrogen-bond acceptors (Lipinski definition) is 3. The maximum atomic E-state index is 11.8. The van der Waals surface area contributed by atoms with E-state index in [0.717, 1.165) is 31.5 Å². The van der Waals surface area contributed by atoms with E-state index in [2.05, 4.69) is 66.8 Å². The Morgan fingerprint density at radius 1 is 1.07 bits per heavy atom. The van der Waals surface area contributed by atoms with E-state index in [-0.39, 0.29) is 5.91 Å². The van der Waals surface area contributed by atoms with Crippen molar-refractivity contribution in [3.8, 4) is 0 Å². The van der Waals surface area contributed by atoms with Gasteiger partial charge in [-0.2, -0.15) is 0 Å². The zero-order valence-electron chi connectivity index (χ0n) is 17.4. The van der Waals surface area contributed by atoms with Crippen LogP contribution in [0.15, 0.2) is 42.5 Å². The van der Waals surface area contributed by atoms with Crippen LogP contribution in [0, 0.1) is 0 Å². The summed E-state index contributed by atoms with van der Waals surface area (Å²) in [6, 6.07) is 16.1. The number of anilines is 1. The Bertz CT molecular complexity index is 844. The number of hydrogen-bond donors (Lipinski definition) is 1. The molecule has 0 spiro atoms. The normalized spacial score (nSPS) is 17.4. The average Bonchev–Trinajstić information content (AvgIpc) is 3.17. The third-order valence-electron chi connectivity index (χ3n) is 6.42. The number of piperidine rings is 1. The van der Waals surface area contributed by atoms with E-state index in [1.54, 1.807) is 7.05 Å². The Kier molecular flexibility index (Phi) is 6.52. The van der Waals surface area contributed by atoms with Crippen LogP contribution in [0.4, 0.5) is 5.69 Å². The Labute approximate surface area is 176 Å². The summed E-state index contributed by atoms with van der Waals surface area (Å²) in [5.41, 5.74) is 5.34. The van der Waals surface area contributed by atoms with Gasteiger partial charge < -0.3 is 15.1 Å². The molecule has 4 rings (SSSR count). The van der Waals surface area contributed by atoms with Gasteiger partial charge in [-0.1, -0.05) is 36.4 Å². The molecule has 1 unspecified atom stereocenters. The fraction of sp³-hybridized carbons (Fsp3) is 0.458. The van der Waals surface area contributed by atoms with E-state index in [9.17, 15) is 4.79 Å². The molecule has 1 atom stereocenters. The van der Waals surface area contributed by atoms with Crippen molar-refractivity contribution in [1.29, 1.82) is 0 Å². The number of likely N-dealkylation sites (tertiary alicyclic amines) is 1. The standard InChI is InChI=1S/C24H32N3OP/c1-25-24(28)17-19-2-5-20-9-15-27(23(20)16-19)21-10-13-26(14-11-21)12-8-18-3-6-22(29)7-4-18/h2-7,16,21H,8-15,17,29H2,1H3,(H,25,28). The molecular weight excluding hydrogens is 377 g/mol. The number of amides is 1. The number of nitrogens with zero attached hydrogens (tertiary/aromatic N) is 2. The summed E-state index contributed by atoms with van der Waals surface area (Å²) < 4.78 is 0. The van der Waals surface area contributed by atoms with Gasteiger partial charge in [0.2, 0.25) is 5.91 Å². The van der Waals surface area contributed by atoms with Gasteiger partial charge in [-0.25, -0.2) is 0 Å². The van der Waals surface area contributed by atoms with Gasteiger partial charge in [0, 0.05) is 45.0 Å². The third kappa shape index (κ3) is 4.99. The minimum absolute atomic E-state index is 0.0788. The van der Waals surface area contributed by atoms with Crippen molar-refractivity contribution in [2.75, 3.05) is 38.1 Å². The molecule has 0 aromatic heterocycles. The summed E-state index contributed by atoms with van der Waals surface area (Å²) >= 11 is 0. The SMILES string of the molecule is CNC(=O)Cc1ccc2c(c1)N(C1CCN(CCc3ccc(P)cc3)CC1)CC2. The molecule has 2 heterocycles. The maximum Gasteiger partial charge on any atom is 0.224 e. The summed E-state index contributed by atoms with van der Waals surface area (Å²) in [5, 5.41) is 3.98. The smallest absolute Gasteiger partial charge is 0.224 e. The molecule has 1 amide bonds. The van der Waals surface area contributed by atoms with Crippen LogP contribution in [0.2, 0.25) is 0 Å². The van der Waals surface area contributed by atoms with Gasteiger partial charge in [0.25, 0.3) is 0 Å². The Balaban J connectivity index is 1.32. The molecule has 0 aliphatic carbocycles. The predicted molar refractivity (Wildman–Crippen MR) is 124 cm³/mol. The summed E-state index contributed by atoms with van der Waals surface area (Å²) in [4.78, 5) is 17.0. The number of likely N-dealkylation sites (N-methyl/N-ethyl adjacent to an activating group) is 1. The quantitative estimate of drug-likeness (QED) is 0.745.